The number of nitrogens with zero attached hydrogens (tertiary/aromatic N) is 3. The van der Waals surface area contributed by atoms with Crippen molar-refractivity contribution in [2.45, 2.75) is 12.3 Å². The fraction of sp³-hybridized carbons (Fsp3) is 0.278. The molecule has 26 heavy (non-hydrogen) atoms. The number of ether oxygens (including phenoxy) is 2. The standard InChI is InChI=1S/C18H15N3O4S/c22-16-8-11(18-19-17(20-25-18)15-2-1-7-26-15)10-21(16)12-3-4-13-14(9-12)24-6-5-23-13/h1-4,7,9,11H,5-6,8,10H2/t11-/m0/s1. The van der Waals surface area contributed by atoms with E-state index in [9.17, 15) is 4.79 Å². The third kappa shape index (κ3) is 2.62. The molecule has 2 aliphatic heterocycles. The molecule has 3 aromatic rings. The Labute approximate surface area is 153 Å². The third-order valence-corrected chi connectivity index (χ3v) is 5.36. The maximum Gasteiger partial charge on any atom is 0.232 e. The lowest BCUT2D eigenvalue weighted by Crippen LogP contribution is -2.24. The molecule has 0 aliphatic carbocycles. The molecule has 0 spiro atoms. The van der Waals surface area contributed by atoms with E-state index in [1.807, 2.05) is 35.7 Å². The molecule has 0 saturated carbocycles. The van der Waals surface area contributed by atoms with Crippen LogP contribution in [0.1, 0.15) is 18.2 Å². The summed E-state index contributed by atoms with van der Waals surface area (Å²) in [6.07, 6.45) is 0.348. The molecule has 0 N–H and O–H groups in total. The Balaban J connectivity index is 1.38. The number of carbonyl (C=O) groups is 1. The van der Waals surface area contributed by atoms with Gasteiger partial charge in [-0.1, -0.05) is 11.2 Å². The summed E-state index contributed by atoms with van der Waals surface area (Å²) in [6.45, 7) is 1.56. The van der Waals surface area contributed by atoms with Crippen LogP contribution in [-0.2, 0) is 4.79 Å². The van der Waals surface area contributed by atoms with Crippen LogP contribution in [0.5, 0.6) is 11.5 Å². The average Bonchev–Trinajstić information content (AvgIpc) is 3.41. The van der Waals surface area contributed by atoms with Crippen LogP contribution >= 0.6 is 11.3 Å². The van der Waals surface area contributed by atoms with Crippen LogP contribution in [0.15, 0.2) is 40.2 Å². The summed E-state index contributed by atoms with van der Waals surface area (Å²) in [5.41, 5.74) is 0.791. The zero-order valence-corrected chi connectivity index (χ0v) is 14.6. The molecule has 7 nitrogen and oxygen atoms in total. The summed E-state index contributed by atoms with van der Waals surface area (Å²) in [4.78, 5) is 19.7. The molecule has 0 unspecified atom stereocenters. The van der Waals surface area contributed by atoms with E-state index in [0.29, 0.717) is 49.4 Å². The van der Waals surface area contributed by atoms with Gasteiger partial charge in [0.15, 0.2) is 11.5 Å². The summed E-state index contributed by atoms with van der Waals surface area (Å²) in [7, 11) is 0. The van der Waals surface area contributed by atoms with E-state index in [0.717, 1.165) is 10.6 Å². The minimum absolute atomic E-state index is 0.0301. The number of carbonyl (C=O) groups excluding carboxylic acids is 1. The minimum atomic E-state index is -0.114. The predicted molar refractivity (Wildman–Crippen MR) is 94.8 cm³/mol. The molecule has 132 valence electrons. The van der Waals surface area contributed by atoms with E-state index >= 15 is 0 Å². The highest BCUT2D eigenvalue weighted by Gasteiger charge is 2.35. The first-order chi connectivity index (χ1) is 12.8. The molecule has 0 radical (unpaired) electrons. The van der Waals surface area contributed by atoms with Crippen LogP contribution in [0.3, 0.4) is 0 Å². The number of fused-ring (bicyclic) bond motifs is 1. The second kappa shape index (κ2) is 6.14. The monoisotopic (exact) mass is 369 g/mol. The van der Waals surface area contributed by atoms with Crippen LogP contribution in [0.4, 0.5) is 5.69 Å². The predicted octanol–water partition coefficient (Wildman–Crippen LogP) is 3.09. The van der Waals surface area contributed by atoms with Gasteiger partial charge in [0.05, 0.1) is 10.8 Å². The van der Waals surface area contributed by atoms with Gasteiger partial charge in [-0.3, -0.25) is 4.79 Å². The van der Waals surface area contributed by atoms with Crippen molar-refractivity contribution in [2.75, 3.05) is 24.7 Å². The van der Waals surface area contributed by atoms with Crippen LogP contribution in [0, 0.1) is 0 Å². The zero-order valence-electron chi connectivity index (χ0n) is 13.8. The first kappa shape index (κ1) is 15.4. The van der Waals surface area contributed by atoms with Gasteiger partial charge in [-0.15, -0.1) is 11.3 Å². The van der Waals surface area contributed by atoms with Gasteiger partial charge >= 0.3 is 0 Å². The number of rotatable bonds is 3. The molecule has 5 rings (SSSR count). The molecule has 0 bridgehead atoms. The number of anilines is 1. The van der Waals surface area contributed by atoms with E-state index < -0.39 is 0 Å². The average molecular weight is 369 g/mol. The third-order valence-electron chi connectivity index (χ3n) is 4.50. The molecule has 2 aromatic heterocycles. The Bertz CT molecular complexity index is 953. The molecule has 1 fully saturated rings. The van der Waals surface area contributed by atoms with E-state index in [4.69, 9.17) is 14.0 Å². The van der Waals surface area contributed by atoms with Crippen molar-refractivity contribution in [3.8, 4) is 22.2 Å². The number of benzene rings is 1. The summed E-state index contributed by atoms with van der Waals surface area (Å²) in [5, 5.41) is 6.01. The second-order valence-corrected chi connectivity index (χ2v) is 7.11. The number of aromatic nitrogens is 2. The molecule has 1 amide bonds. The fourth-order valence-electron chi connectivity index (χ4n) is 3.23. The van der Waals surface area contributed by atoms with Gasteiger partial charge in [-0.25, -0.2) is 0 Å². The minimum Gasteiger partial charge on any atom is -0.486 e. The van der Waals surface area contributed by atoms with E-state index in [-0.39, 0.29) is 11.8 Å². The summed E-state index contributed by atoms with van der Waals surface area (Å²) in [6, 6.07) is 9.45. The zero-order chi connectivity index (χ0) is 17.5. The highest BCUT2D eigenvalue weighted by molar-refractivity contribution is 7.13. The van der Waals surface area contributed by atoms with Crippen molar-refractivity contribution in [1.82, 2.24) is 10.1 Å². The van der Waals surface area contributed by atoms with Crippen LogP contribution in [0.2, 0.25) is 0 Å². The molecular weight excluding hydrogens is 354 g/mol. The lowest BCUT2D eigenvalue weighted by atomic mass is 10.1. The van der Waals surface area contributed by atoms with Gasteiger partial charge in [0.1, 0.15) is 13.2 Å². The number of amides is 1. The topological polar surface area (TPSA) is 77.7 Å². The number of hydrogen-bond donors (Lipinski definition) is 0. The fourth-order valence-corrected chi connectivity index (χ4v) is 3.88. The molecule has 1 atom stereocenters. The maximum absolute atomic E-state index is 12.5. The van der Waals surface area contributed by atoms with Crippen molar-refractivity contribution in [2.24, 2.45) is 0 Å². The largest absolute Gasteiger partial charge is 0.486 e. The molecule has 1 aromatic carbocycles. The SMILES string of the molecule is O=C1C[C@H](c2nc(-c3cccs3)no2)CN1c1ccc2c(c1)OCCO2. The molecule has 2 aliphatic rings. The Kier molecular flexibility index (Phi) is 3.63. The molecule has 4 heterocycles. The smallest absolute Gasteiger partial charge is 0.232 e. The summed E-state index contributed by atoms with van der Waals surface area (Å²) >= 11 is 1.55. The molecular formula is C18H15N3O4S. The lowest BCUT2D eigenvalue weighted by Gasteiger charge is -2.22. The van der Waals surface area contributed by atoms with Crippen molar-refractivity contribution in [1.29, 1.82) is 0 Å². The van der Waals surface area contributed by atoms with Crippen molar-refractivity contribution in [3.63, 3.8) is 0 Å². The number of thiophene rings is 1. The molecule has 1 saturated heterocycles. The summed E-state index contributed by atoms with van der Waals surface area (Å²) in [5.74, 6) is 2.37. The van der Waals surface area contributed by atoms with Crippen molar-refractivity contribution < 1.29 is 18.8 Å². The Morgan fingerprint density at radius 3 is 2.88 bits per heavy atom. The van der Waals surface area contributed by atoms with Gasteiger partial charge in [0.2, 0.25) is 17.6 Å². The first-order valence-corrected chi connectivity index (χ1v) is 9.23. The van der Waals surface area contributed by atoms with Gasteiger partial charge < -0.3 is 18.9 Å². The normalized spacial score (nSPS) is 19.2. The Hall–Kier alpha value is -2.87. The van der Waals surface area contributed by atoms with Gasteiger partial charge in [-0.2, -0.15) is 4.98 Å². The van der Waals surface area contributed by atoms with E-state index in [2.05, 4.69) is 10.1 Å². The lowest BCUT2D eigenvalue weighted by molar-refractivity contribution is -0.117. The van der Waals surface area contributed by atoms with Crippen LogP contribution < -0.4 is 14.4 Å². The molecule has 8 heteroatoms. The van der Waals surface area contributed by atoms with Gasteiger partial charge in [-0.05, 0) is 23.6 Å². The first-order valence-electron chi connectivity index (χ1n) is 8.35. The Morgan fingerprint density at radius 2 is 2.04 bits per heavy atom. The van der Waals surface area contributed by atoms with Crippen LogP contribution in [-0.4, -0.2) is 35.8 Å². The van der Waals surface area contributed by atoms with Crippen molar-refractivity contribution >= 4 is 22.9 Å². The maximum atomic E-state index is 12.5. The Morgan fingerprint density at radius 1 is 1.15 bits per heavy atom. The van der Waals surface area contributed by atoms with E-state index in [1.54, 1.807) is 16.2 Å². The summed E-state index contributed by atoms with van der Waals surface area (Å²) < 4.78 is 16.6. The highest BCUT2D eigenvalue weighted by Crippen LogP contribution is 2.37. The number of hydrogen-bond acceptors (Lipinski definition) is 7. The quantitative estimate of drug-likeness (QED) is 0.706. The van der Waals surface area contributed by atoms with Gasteiger partial charge in [0.25, 0.3) is 0 Å². The highest BCUT2D eigenvalue weighted by atomic mass is 32.1. The van der Waals surface area contributed by atoms with Crippen LogP contribution in [0.25, 0.3) is 10.7 Å². The second-order valence-electron chi connectivity index (χ2n) is 6.17. The van der Waals surface area contributed by atoms with Crippen molar-refractivity contribution in [3.05, 3.63) is 41.6 Å². The van der Waals surface area contributed by atoms with E-state index in [1.165, 1.54) is 0 Å². The van der Waals surface area contributed by atoms with Gasteiger partial charge in [0, 0.05) is 24.7 Å².